The zero-order valence-electron chi connectivity index (χ0n) is 16.2. The molecule has 25 heavy (non-hydrogen) atoms. The van der Waals surface area contributed by atoms with Crippen molar-refractivity contribution < 1.29 is 4.79 Å². The van der Waals surface area contributed by atoms with E-state index in [1.807, 2.05) is 0 Å². The molecule has 0 saturated carbocycles. The van der Waals surface area contributed by atoms with Gasteiger partial charge < -0.3 is 4.90 Å². The molecule has 2 saturated heterocycles. The van der Waals surface area contributed by atoms with Crippen LogP contribution in [-0.2, 0) is 11.2 Å². The number of fused-ring (bicyclic) bond motifs is 4. The van der Waals surface area contributed by atoms with E-state index in [0.29, 0.717) is 23.9 Å². The topological polar surface area (TPSA) is 23.6 Å². The summed E-state index contributed by atoms with van der Waals surface area (Å²) in [6.07, 6.45) is 4.73. The Hall–Kier alpha value is -1.35. The summed E-state index contributed by atoms with van der Waals surface area (Å²) in [5.74, 6) is 0.999. The maximum atomic E-state index is 13.0. The van der Waals surface area contributed by atoms with Gasteiger partial charge in [0.1, 0.15) is 0 Å². The van der Waals surface area contributed by atoms with Crippen LogP contribution >= 0.6 is 0 Å². The molecule has 1 aromatic rings. The number of benzene rings is 1. The highest BCUT2D eigenvalue weighted by Crippen LogP contribution is 2.43. The lowest BCUT2D eigenvalue weighted by Crippen LogP contribution is -2.59. The average molecular weight is 341 g/mol. The molecule has 3 atom stereocenters. The van der Waals surface area contributed by atoms with E-state index in [1.165, 1.54) is 36.1 Å². The van der Waals surface area contributed by atoms with Gasteiger partial charge in [-0.2, -0.15) is 0 Å². The first-order valence-electron chi connectivity index (χ1n) is 9.99. The highest BCUT2D eigenvalue weighted by Gasteiger charge is 2.45. The quantitative estimate of drug-likeness (QED) is 0.714. The third-order valence-electron chi connectivity index (χ3n) is 6.52. The molecule has 1 amide bonds. The molecule has 3 nitrogen and oxygen atoms in total. The summed E-state index contributed by atoms with van der Waals surface area (Å²) in [6.45, 7) is 11.7. The number of rotatable bonds is 0. The lowest BCUT2D eigenvalue weighted by Gasteiger charge is -2.53. The molecule has 4 rings (SSSR count). The lowest BCUT2D eigenvalue weighted by molar-refractivity contribution is -0.148. The summed E-state index contributed by atoms with van der Waals surface area (Å²) >= 11 is 0. The maximum absolute atomic E-state index is 13.0. The fraction of sp³-hybridized carbons (Fsp3) is 0.682. The zero-order chi connectivity index (χ0) is 17.8. The van der Waals surface area contributed by atoms with Gasteiger partial charge in [0.05, 0.1) is 0 Å². The van der Waals surface area contributed by atoms with Gasteiger partial charge in [0, 0.05) is 37.1 Å². The van der Waals surface area contributed by atoms with Gasteiger partial charge in [0.15, 0.2) is 0 Å². The molecule has 136 valence electrons. The molecule has 1 aromatic carbocycles. The molecular weight excluding hydrogens is 308 g/mol. The SMILES string of the molecule is Cc1ccc2c(c1)CCN1CC3CCCN(C(=O)C(C)(C)C)C3CC21. The van der Waals surface area contributed by atoms with E-state index < -0.39 is 0 Å². The van der Waals surface area contributed by atoms with Crippen LogP contribution in [-0.4, -0.2) is 41.4 Å². The minimum atomic E-state index is -0.277. The van der Waals surface area contributed by atoms with E-state index in [4.69, 9.17) is 0 Å². The van der Waals surface area contributed by atoms with Crippen LogP contribution in [0.1, 0.15) is 62.8 Å². The summed E-state index contributed by atoms with van der Waals surface area (Å²) in [5, 5.41) is 0. The number of piperidine rings is 2. The molecule has 0 bridgehead atoms. The van der Waals surface area contributed by atoms with Crippen LogP contribution in [0.4, 0.5) is 0 Å². The predicted octanol–water partition coefficient (Wildman–Crippen LogP) is 3.95. The molecule has 3 unspecified atom stereocenters. The van der Waals surface area contributed by atoms with Gasteiger partial charge in [-0.05, 0) is 49.7 Å². The van der Waals surface area contributed by atoms with Crippen molar-refractivity contribution in [2.24, 2.45) is 11.3 Å². The van der Waals surface area contributed by atoms with E-state index in [0.717, 1.165) is 25.9 Å². The van der Waals surface area contributed by atoms with E-state index in [2.05, 4.69) is 55.7 Å². The Labute approximate surface area is 152 Å². The lowest BCUT2D eigenvalue weighted by atomic mass is 9.75. The third kappa shape index (κ3) is 3.01. The summed E-state index contributed by atoms with van der Waals surface area (Å²) in [7, 11) is 0. The second kappa shape index (κ2) is 6.12. The van der Waals surface area contributed by atoms with Crippen molar-refractivity contribution >= 4 is 5.91 Å². The Balaban J connectivity index is 1.63. The van der Waals surface area contributed by atoms with Crippen LogP contribution in [0.15, 0.2) is 18.2 Å². The normalized spacial score (nSPS) is 29.6. The van der Waals surface area contributed by atoms with Crippen molar-refractivity contribution in [3.05, 3.63) is 34.9 Å². The van der Waals surface area contributed by atoms with Crippen LogP contribution in [0.25, 0.3) is 0 Å². The first kappa shape index (κ1) is 17.1. The molecular formula is C22H32N2O. The first-order chi connectivity index (χ1) is 11.8. The van der Waals surface area contributed by atoms with E-state index >= 15 is 0 Å². The Morgan fingerprint density at radius 1 is 1.20 bits per heavy atom. The molecule has 0 N–H and O–H groups in total. The molecule has 3 heteroatoms. The molecule has 3 aliphatic rings. The summed E-state index contributed by atoms with van der Waals surface area (Å²) in [5.41, 5.74) is 4.14. The Morgan fingerprint density at radius 3 is 2.76 bits per heavy atom. The van der Waals surface area contributed by atoms with Crippen LogP contribution in [0, 0.1) is 18.3 Å². The number of likely N-dealkylation sites (tertiary alicyclic amines) is 1. The van der Waals surface area contributed by atoms with Crippen molar-refractivity contribution in [3.8, 4) is 0 Å². The smallest absolute Gasteiger partial charge is 0.228 e. The average Bonchev–Trinajstić information content (AvgIpc) is 2.57. The Kier molecular flexibility index (Phi) is 4.18. The van der Waals surface area contributed by atoms with E-state index in [9.17, 15) is 4.79 Å². The summed E-state index contributed by atoms with van der Waals surface area (Å²) in [6, 6.07) is 7.90. The van der Waals surface area contributed by atoms with Crippen molar-refractivity contribution in [3.63, 3.8) is 0 Å². The number of carbonyl (C=O) groups excluding carboxylic acids is 1. The largest absolute Gasteiger partial charge is 0.339 e. The second-order valence-electron chi connectivity index (χ2n) is 9.42. The molecule has 3 aliphatic heterocycles. The van der Waals surface area contributed by atoms with Gasteiger partial charge in [0.2, 0.25) is 5.91 Å². The van der Waals surface area contributed by atoms with Gasteiger partial charge >= 0.3 is 0 Å². The van der Waals surface area contributed by atoms with Crippen molar-refractivity contribution in [1.82, 2.24) is 9.80 Å². The summed E-state index contributed by atoms with van der Waals surface area (Å²) < 4.78 is 0. The van der Waals surface area contributed by atoms with Gasteiger partial charge in [-0.25, -0.2) is 0 Å². The standard InChI is InChI=1S/C22H32N2O/c1-15-7-8-18-16(12-15)9-11-23-14-17-6-5-10-24(19(17)13-20(18)23)21(25)22(2,3)4/h7-8,12,17,19-20H,5-6,9-11,13-14H2,1-4H3. The van der Waals surface area contributed by atoms with E-state index in [-0.39, 0.29) is 5.41 Å². The minimum Gasteiger partial charge on any atom is -0.339 e. The second-order valence-corrected chi connectivity index (χ2v) is 9.42. The van der Waals surface area contributed by atoms with E-state index in [1.54, 1.807) is 0 Å². The van der Waals surface area contributed by atoms with Crippen LogP contribution < -0.4 is 0 Å². The van der Waals surface area contributed by atoms with Gasteiger partial charge in [0.25, 0.3) is 0 Å². The number of carbonyl (C=O) groups is 1. The zero-order valence-corrected chi connectivity index (χ0v) is 16.2. The van der Waals surface area contributed by atoms with Crippen molar-refractivity contribution in [2.75, 3.05) is 19.6 Å². The van der Waals surface area contributed by atoms with Crippen molar-refractivity contribution in [2.45, 2.75) is 65.5 Å². The van der Waals surface area contributed by atoms with Gasteiger partial charge in [-0.3, -0.25) is 9.69 Å². The van der Waals surface area contributed by atoms with Gasteiger partial charge in [-0.15, -0.1) is 0 Å². The minimum absolute atomic E-state index is 0.277. The Bertz CT molecular complexity index is 675. The number of amides is 1. The number of hydrogen-bond acceptors (Lipinski definition) is 2. The molecule has 0 aliphatic carbocycles. The Morgan fingerprint density at radius 2 is 2.00 bits per heavy atom. The van der Waals surface area contributed by atoms with Gasteiger partial charge in [-0.1, -0.05) is 44.5 Å². The molecule has 2 fully saturated rings. The van der Waals surface area contributed by atoms with Crippen LogP contribution in [0.2, 0.25) is 0 Å². The molecule has 0 aromatic heterocycles. The predicted molar refractivity (Wildman–Crippen MR) is 101 cm³/mol. The molecule has 0 radical (unpaired) electrons. The van der Waals surface area contributed by atoms with Crippen molar-refractivity contribution in [1.29, 1.82) is 0 Å². The molecule has 0 spiro atoms. The fourth-order valence-electron chi connectivity index (χ4n) is 5.27. The third-order valence-corrected chi connectivity index (χ3v) is 6.52. The number of aryl methyl sites for hydroxylation is 1. The maximum Gasteiger partial charge on any atom is 0.228 e. The number of hydrogen-bond donors (Lipinski definition) is 0. The highest BCUT2D eigenvalue weighted by molar-refractivity contribution is 5.82. The fourth-order valence-corrected chi connectivity index (χ4v) is 5.27. The van der Waals surface area contributed by atoms with Crippen LogP contribution in [0.3, 0.4) is 0 Å². The summed E-state index contributed by atoms with van der Waals surface area (Å²) in [4.78, 5) is 18.0. The highest BCUT2D eigenvalue weighted by atomic mass is 16.2. The monoisotopic (exact) mass is 340 g/mol. The number of nitrogens with zero attached hydrogens (tertiary/aromatic N) is 2. The molecule has 3 heterocycles. The first-order valence-corrected chi connectivity index (χ1v) is 9.99. The van der Waals surface area contributed by atoms with Crippen LogP contribution in [0.5, 0.6) is 0 Å².